The Morgan fingerprint density at radius 2 is 1.97 bits per heavy atom. The molecule has 0 saturated heterocycles. The highest BCUT2D eigenvalue weighted by Crippen LogP contribution is 2.38. The number of carboxylic acid groups (broad SMARTS) is 1. The van der Waals surface area contributed by atoms with E-state index in [4.69, 9.17) is 26.2 Å². The summed E-state index contributed by atoms with van der Waals surface area (Å²) in [5.74, 6) is 0.216. The first-order valence-corrected chi connectivity index (χ1v) is 10.3. The highest BCUT2D eigenvalue weighted by atomic mass is 35.5. The minimum atomic E-state index is -0.991. The molecule has 4 rings (SSSR count). The second-order valence-corrected chi connectivity index (χ2v) is 7.50. The van der Waals surface area contributed by atoms with Crippen LogP contribution < -0.4 is 9.47 Å². The Morgan fingerprint density at radius 3 is 2.64 bits per heavy atom. The van der Waals surface area contributed by atoms with Crippen molar-refractivity contribution >= 4 is 40.3 Å². The van der Waals surface area contributed by atoms with Gasteiger partial charge >= 0.3 is 5.97 Å². The maximum absolute atomic E-state index is 11.0. The molecule has 0 spiro atoms. The van der Waals surface area contributed by atoms with Gasteiger partial charge in [0.05, 0.1) is 34.3 Å². The number of ether oxygens (including phenoxy) is 2. The van der Waals surface area contributed by atoms with Crippen LogP contribution in [-0.2, 0) is 6.61 Å². The van der Waals surface area contributed by atoms with E-state index in [1.54, 1.807) is 30.3 Å². The van der Waals surface area contributed by atoms with Gasteiger partial charge in [-0.1, -0.05) is 35.9 Å². The van der Waals surface area contributed by atoms with Gasteiger partial charge in [0.25, 0.3) is 0 Å². The summed E-state index contributed by atoms with van der Waals surface area (Å²) >= 11 is 6.46. The fourth-order valence-electron chi connectivity index (χ4n) is 3.26. The molecule has 0 saturated carbocycles. The minimum Gasteiger partial charge on any atom is -0.493 e. The molecule has 0 aliphatic heterocycles. The Kier molecular flexibility index (Phi) is 6.29. The number of hydrogen-bond acceptors (Lipinski definition) is 5. The lowest BCUT2D eigenvalue weighted by Gasteiger charge is -2.13. The molecule has 8 heteroatoms. The minimum absolute atomic E-state index is 0.174. The Labute approximate surface area is 194 Å². The van der Waals surface area contributed by atoms with E-state index in [0.29, 0.717) is 33.5 Å². The van der Waals surface area contributed by atoms with E-state index in [2.05, 4.69) is 16.0 Å². The molecule has 4 aromatic rings. The number of carboxylic acids is 1. The summed E-state index contributed by atoms with van der Waals surface area (Å²) in [6.07, 6.45) is 1.67. The lowest BCUT2D eigenvalue weighted by Crippen LogP contribution is -2.00. The average molecular weight is 460 g/mol. The maximum Gasteiger partial charge on any atom is 0.335 e. The third-order valence-electron chi connectivity index (χ3n) is 4.91. The zero-order valence-corrected chi connectivity index (χ0v) is 18.3. The van der Waals surface area contributed by atoms with Gasteiger partial charge in [0.1, 0.15) is 18.5 Å². The van der Waals surface area contributed by atoms with Gasteiger partial charge in [0.2, 0.25) is 0 Å². The molecular formula is C25H18ClN3O4. The number of allylic oxidation sites excluding steroid dienone is 1. The monoisotopic (exact) mass is 459 g/mol. The van der Waals surface area contributed by atoms with E-state index in [0.717, 1.165) is 16.6 Å². The molecule has 0 radical (unpaired) electrons. The lowest BCUT2D eigenvalue weighted by atomic mass is 10.1. The van der Waals surface area contributed by atoms with Crippen LogP contribution in [0.4, 0.5) is 0 Å². The number of nitriles is 1. The molecule has 7 nitrogen and oxygen atoms in total. The summed E-state index contributed by atoms with van der Waals surface area (Å²) in [6, 6.07) is 19.5. The van der Waals surface area contributed by atoms with Crippen molar-refractivity contribution in [2.45, 2.75) is 6.61 Å². The number of carbonyl (C=O) groups is 1. The molecule has 3 aromatic carbocycles. The Bertz CT molecular complexity index is 1370. The van der Waals surface area contributed by atoms with Crippen molar-refractivity contribution < 1.29 is 19.4 Å². The highest BCUT2D eigenvalue weighted by molar-refractivity contribution is 6.32. The molecular weight excluding hydrogens is 442 g/mol. The third-order valence-corrected chi connectivity index (χ3v) is 5.19. The van der Waals surface area contributed by atoms with Crippen LogP contribution in [-0.4, -0.2) is 28.2 Å². The molecule has 164 valence electrons. The largest absolute Gasteiger partial charge is 0.493 e. The van der Waals surface area contributed by atoms with Crippen LogP contribution in [0.3, 0.4) is 0 Å². The molecule has 33 heavy (non-hydrogen) atoms. The molecule has 1 heterocycles. The number of nitrogens with one attached hydrogen (secondary N) is 1. The molecule has 0 unspecified atom stereocenters. The summed E-state index contributed by atoms with van der Waals surface area (Å²) in [7, 11) is 1.50. The number of aromatic nitrogens is 2. The van der Waals surface area contributed by atoms with E-state index < -0.39 is 5.97 Å². The zero-order chi connectivity index (χ0) is 23.4. The number of halogens is 1. The predicted molar refractivity (Wildman–Crippen MR) is 125 cm³/mol. The fourth-order valence-corrected chi connectivity index (χ4v) is 3.54. The summed E-state index contributed by atoms with van der Waals surface area (Å²) in [4.78, 5) is 18.6. The van der Waals surface area contributed by atoms with Crippen LogP contribution in [0, 0.1) is 11.3 Å². The normalized spacial score (nSPS) is 11.2. The van der Waals surface area contributed by atoms with Gasteiger partial charge in [0.15, 0.2) is 11.5 Å². The molecule has 0 atom stereocenters. The van der Waals surface area contributed by atoms with Gasteiger partial charge in [-0.05, 0) is 53.6 Å². The SMILES string of the molecule is COc1cc(/C=C(\C#N)c2nc3ccccc3[nH]2)cc(Cl)c1OCc1ccc(C(=O)O)cc1. The Morgan fingerprint density at radius 1 is 1.21 bits per heavy atom. The highest BCUT2D eigenvalue weighted by Gasteiger charge is 2.14. The number of benzene rings is 3. The zero-order valence-electron chi connectivity index (χ0n) is 17.5. The van der Waals surface area contributed by atoms with Crippen LogP contribution in [0.2, 0.25) is 5.02 Å². The summed E-state index contributed by atoms with van der Waals surface area (Å²) in [5.41, 5.74) is 3.57. The van der Waals surface area contributed by atoms with Gasteiger partial charge in [-0.2, -0.15) is 5.26 Å². The number of aromatic amines is 1. The quantitative estimate of drug-likeness (QED) is 0.350. The standard InChI is InChI=1S/C25H18ClN3O4/c1-32-22-12-16(10-18(13-27)24-28-20-4-2-3-5-21(20)29-24)11-19(26)23(22)33-14-15-6-8-17(9-7-15)25(30)31/h2-12H,14H2,1H3,(H,28,29)(H,30,31)/b18-10+. The van der Waals surface area contributed by atoms with Crippen molar-refractivity contribution in [1.82, 2.24) is 9.97 Å². The number of nitrogens with zero attached hydrogens (tertiary/aromatic N) is 2. The summed E-state index contributed by atoms with van der Waals surface area (Å²) in [5, 5.41) is 19.0. The van der Waals surface area contributed by atoms with E-state index in [9.17, 15) is 10.1 Å². The first-order chi connectivity index (χ1) is 16.0. The van der Waals surface area contributed by atoms with Crippen molar-refractivity contribution in [3.63, 3.8) is 0 Å². The number of fused-ring (bicyclic) bond motifs is 1. The second kappa shape index (κ2) is 9.47. The topological polar surface area (TPSA) is 108 Å². The van der Waals surface area contributed by atoms with E-state index in [1.807, 2.05) is 24.3 Å². The second-order valence-electron chi connectivity index (χ2n) is 7.10. The third kappa shape index (κ3) is 4.81. The van der Waals surface area contributed by atoms with Gasteiger partial charge in [-0.15, -0.1) is 0 Å². The Balaban J connectivity index is 1.59. The summed E-state index contributed by atoms with van der Waals surface area (Å²) < 4.78 is 11.3. The smallest absolute Gasteiger partial charge is 0.335 e. The predicted octanol–water partition coefficient (Wildman–Crippen LogP) is 5.57. The number of H-pyrrole nitrogens is 1. The van der Waals surface area contributed by atoms with E-state index in [1.165, 1.54) is 19.2 Å². The van der Waals surface area contributed by atoms with Gasteiger partial charge in [-0.25, -0.2) is 9.78 Å². The van der Waals surface area contributed by atoms with Crippen LogP contribution in [0.15, 0.2) is 60.7 Å². The van der Waals surface area contributed by atoms with Crippen LogP contribution in [0.25, 0.3) is 22.7 Å². The number of imidazole rings is 1. The van der Waals surface area contributed by atoms with Gasteiger partial charge in [0, 0.05) is 0 Å². The first kappa shape index (κ1) is 21.9. The van der Waals surface area contributed by atoms with Crippen LogP contribution in [0.1, 0.15) is 27.3 Å². The molecule has 0 aliphatic rings. The number of methoxy groups -OCH3 is 1. The molecule has 0 bridgehead atoms. The molecule has 0 fully saturated rings. The van der Waals surface area contributed by atoms with Crippen molar-refractivity contribution in [2.75, 3.05) is 7.11 Å². The van der Waals surface area contributed by atoms with Gasteiger partial charge < -0.3 is 19.6 Å². The number of aromatic carboxylic acids is 1. The average Bonchev–Trinajstić information content (AvgIpc) is 3.26. The number of para-hydroxylation sites is 2. The number of hydrogen-bond donors (Lipinski definition) is 2. The van der Waals surface area contributed by atoms with Crippen LogP contribution >= 0.6 is 11.6 Å². The van der Waals surface area contributed by atoms with Crippen molar-refractivity contribution in [2.24, 2.45) is 0 Å². The van der Waals surface area contributed by atoms with Crippen molar-refractivity contribution in [1.29, 1.82) is 5.26 Å². The van der Waals surface area contributed by atoms with Crippen molar-refractivity contribution in [3.05, 3.63) is 88.2 Å². The van der Waals surface area contributed by atoms with Crippen molar-refractivity contribution in [3.8, 4) is 17.6 Å². The lowest BCUT2D eigenvalue weighted by molar-refractivity contribution is 0.0697. The maximum atomic E-state index is 11.0. The van der Waals surface area contributed by atoms with Crippen LogP contribution in [0.5, 0.6) is 11.5 Å². The molecule has 2 N–H and O–H groups in total. The van der Waals surface area contributed by atoms with E-state index >= 15 is 0 Å². The Hall–Kier alpha value is -4.28. The molecule has 0 amide bonds. The number of rotatable bonds is 7. The van der Waals surface area contributed by atoms with Gasteiger partial charge in [-0.3, -0.25) is 0 Å². The van der Waals surface area contributed by atoms with E-state index in [-0.39, 0.29) is 12.2 Å². The fraction of sp³-hybridized carbons (Fsp3) is 0.0800. The summed E-state index contributed by atoms with van der Waals surface area (Å²) in [6.45, 7) is 0.174. The molecule has 1 aromatic heterocycles. The first-order valence-electron chi connectivity index (χ1n) is 9.88. The molecule has 0 aliphatic carbocycles.